The van der Waals surface area contributed by atoms with E-state index in [0.29, 0.717) is 32.1 Å². The third-order valence-corrected chi connectivity index (χ3v) is 6.41. The predicted octanol–water partition coefficient (Wildman–Crippen LogP) is 6.25. The highest BCUT2D eigenvalue weighted by molar-refractivity contribution is 9.11. The van der Waals surface area contributed by atoms with Gasteiger partial charge in [-0.25, -0.2) is 4.79 Å². The topological polar surface area (TPSA) is 120 Å². The van der Waals surface area contributed by atoms with E-state index in [-0.39, 0.29) is 28.5 Å². The summed E-state index contributed by atoms with van der Waals surface area (Å²) >= 11 is 6.90. The Bertz CT molecular complexity index is 1250. The van der Waals surface area contributed by atoms with Crippen LogP contribution in [0.1, 0.15) is 53.9 Å². The first-order valence-electron chi connectivity index (χ1n) is 9.67. The minimum absolute atomic E-state index is 0.0898. The number of rotatable bonds is 8. The highest BCUT2D eigenvalue weighted by Gasteiger charge is 2.29. The normalized spacial score (nSPS) is 11.2. The standard InChI is InChI=1S/C22H19Br2NO7/c1-4-12-15(23)8-14(22(19(12)24)31-9-17(26)27)20(28)18-13-7-11(25(29)30)5-6-16(13)32-21(18)10(2)3/h5-8,10H,4,9H2,1-3H3,(H,26,27). The zero-order chi connectivity index (χ0) is 23.7. The smallest absolute Gasteiger partial charge is 0.341 e. The fourth-order valence-corrected chi connectivity index (χ4v) is 5.20. The van der Waals surface area contributed by atoms with Gasteiger partial charge in [-0.3, -0.25) is 14.9 Å². The van der Waals surface area contributed by atoms with E-state index in [4.69, 9.17) is 14.3 Å². The molecule has 0 bridgehead atoms. The Labute approximate surface area is 200 Å². The summed E-state index contributed by atoms with van der Waals surface area (Å²) < 4.78 is 12.5. The zero-order valence-corrected chi connectivity index (χ0v) is 20.6. The molecule has 0 saturated carbocycles. The van der Waals surface area contributed by atoms with Crippen LogP contribution in [0.3, 0.4) is 0 Å². The first-order valence-corrected chi connectivity index (χ1v) is 11.3. The van der Waals surface area contributed by atoms with Crippen LogP contribution in [-0.2, 0) is 11.2 Å². The fourth-order valence-electron chi connectivity index (χ4n) is 3.40. The maximum Gasteiger partial charge on any atom is 0.341 e. The number of non-ortho nitro benzene ring substituents is 1. The van der Waals surface area contributed by atoms with E-state index < -0.39 is 23.3 Å². The highest BCUT2D eigenvalue weighted by atomic mass is 79.9. The third-order valence-electron chi connectivity index (χ3n) is 4.87. The molecule has 0 amide bonds. The summed E-state index contributed by atoms with van der Waals surface area (Å²) in [5.41, 5.74) is 1.27. The monoisotopic (exact) mass is 567 g/mol. The number of benzene rings is 2. The van der Waals surface area contributed by atoms with Crippen molar-refractivity contribution < 1.29 is 28.8 Å². The fraction of sp³-hybridized carbons (Fsp3) is 0.273. The first-order chi connectivity index (χ1) is 15.1. The number of ketones is 1. The molecule has 3 aromatic rings. The molecule has 3 rings (SSSR count). The van der Waals surface area contributed by atoms with Crippen molar-refractivity contribution >= 4 is 60.3 Å². The van der Waals surface area contributed by atoms with Gasteiger partial charge >= 0.3 is 5.97 Å². The number of carbonyl (C=O) groups is 2. The Morgan fingerprint density at radius 2 is 1.94 bits per heavy atom. The summed E-state index contributed by atoms with van der Waals surface area (Å²) in [6.45, 7) is 4.96. The number of aliphatic carboxylic acids is 1. The van der Waals surface area contributed by atoms with Crippen LogP contribution in [0, 0.1) is 10.1 Å². The van der Waals surface area contributed by atoms with Gasteiger partial charge in [0.15, 0.2) is 6.61 Å². The van der Waals surface area contributed by atoms with Crippen molar-refractivity contribution in [1.29, 1.82) is 0 Å². The largest absolute Gasteiger partial charge is 0.480 e. The van der Waals surface area contributed by atoms with Gasteiger partial charge in [0, 0.05) is 27.9 Å². The lowest BCUT2D eigenvalue weighted by Crippen LogP contribution is -2.14. The van der Waals surface area contributed by atoms with Gasteiger partial charge in [-0.1, -0.05) is 36.7 Å². The second-order valence-corrected chi connectivity index (χ2v) is 8.97. The van der Waals surface area contributed by atoms with Crippen molar-refractivity contribution in [2.45, 2.75) is 33.1 Å². The van der Waals surface area contributed by atoms with Crippen molar-refractivity contribution in [2.75, 3.05) is 6.61 Å². The summed E-state index contributed by atoms with van der Waals surface area (Å²) in [4.78, 5) is 35.7. The molecule has 32 heavy (non-hydrogen) atoms. The molecular formula is C22H19Br2NO7. The molecule has 0 spiro atoms. The lowest BCUT2D eigenvalue weighted by atomic mass is 9.94. The first kappa shape index (κ1) is 23.9. The van der Waals surface area contributed by atoms with Gasteiger partial charge in [-0.05, 0) is 40.0 Å². The number of furan rings is 1. The molecule has 1 heterocycles. The zero-order valence-electron chi connectivity index (χ0n) is 17.4. The van der Waals surface area contributed by atoms with Crippen molar-refractivity contribution in [3.8, 4) is 5.75 Å². The Balaban J connectivity index is 2.30. The summed E-state index contributed by atoms with van der Waals surface area (Å²) in [5, 5.41) is 20.7. The lowest BCUT2D eigenvalue weighted by Gasteiger charge is -2.16. The molecule has 8 nitrogen and oxygen atoms in total. The van der Waals surface area contributed by atoms with Gasteiger partial charge < -0.3 is 14.3 Å². The van der Waals surface area contributed by atoms with Crippen LogP contribution in [-0.4, -0.2) is 28.4 Å². The van der Waals surface area contributed by atoms with Gasteiger partial charge in [0.05, 0.1) is 20.5 Å². The second kappa shape index (κ2) is 9.41. The van der Waals surface area contributed by atoms with E-state index in [9.17, 15) is 19.7 Å². The van der Waals surface area contributed by atoms with E-state index in [2.05, 4.69) is 31.9 Å². The number of carboxylic acids is 1. The van der Waals surface area contributed by atoms with Crippen LogP contribution >= 0.6 is 31.9 Å². The molecule has 2 aromatic carbocycles. The van der Waals surface area contributed by atoms with Crippen LogP contribution in [0.2, 0.25) is 0 Å². The van der Waals surface area contributed by atoms with Crippen LogP contribution in [0.15, 0.2) is 37.6 Å². The molecule has 0 radical (unpaired) electrons. The Morgan fingerprint density at radius 1 is 1.25 bits per heavy atom. The Hall–Kier alpha value is -2.72. The quantitative estimate of drug-likeness (QED) is 0.194. The molecule has 0 atom stereocenters. The molecule has 168 valence electrons. The number of nitro groups is 1. The molecule has 1 aromatic heterocycles. The number of nitro benzene ring substituents is 1. The number of hydrogen-bond acceptors (Lipinski definition) is 6. The molecule has 10 heteroatoms. The molecule has 0 unspecified atom stereocenters. The summed E-state index contributed by atoms with van der Waals surface area (Å²) in [7, 11) is 0. The number of nitrogens with zero attached hydrogens (tertiary/aromatic N) is 1. The molecule has 0 saturated heterocycles. The Kier molecular flexibility index (Phi) is 7.04. The third kappa shape index (κ3) is 4.42. The van der Waals surface area contributed by atoms with Crippen LogP contribution < -0.4 is 4.74 Å². The lowest BCUT2D eigenvalue weighted by molar-refractivity contribution is -0.384. The predicted molar refractivity (Wildman–Crippen MR) is 125 cm³/mol. The molecule has 0 aliphatic carbocycles. The summed E-state index contributed by atoms with van der Waals surface area (Å²) in [6.07, 6.45) is 0.594. The number of halogens is 2. The Morgan fingerprint density at radius 3 is 2.50 bits per heavy atom. The van der Waals surface area contributed by atoms with Crippen molar-refractivity contribution in [2.24, 2.45) is 0 Å². The van der Waals surface area contributed by atoms with Crippen molar-refractivity contribution in [3.63, 3.8) is 0 Å². The van der Waals surface area contributed by atoms with Gasteiger partial charge in [-0.15, -0.1) is 0 Å². The van der Waals surface area contributed by atoms with Crippen LogP contribution in [0.5, 0.6) is 5.75 Å². The molecule has 0 aliphatic heterocycles. The SMILES string of the molecule is CCc1c(Br)cc(C(=O)c2c(C(C)C)oc3ccc([N+](=O)[O-])cc23)c(OCC(=O)O)c1Br. The minimum atomic E-state index is -1.19. The average molecular weight is 569 g/mol. The highest BCUT2D eigenvalue weighted by Crippen LogP contribution is 2.41. The molecule has 1 N–H and O–H groups in total. The van der Waals surface area contributed by atoms with E-state index >= 15 is 0 Å². The van der Waals surface area contributed by atoms with E-state index in [1.165, 1.54) is 18.2 Å². The number of carboxylic acid groups (broad SMARTS) is 1. The van der Waals surface area contributed by atoms with Crippen molar-refractivity contribution in [1.82, 2.24) is 0 Å². The summed E-state index contributed by atoms with van der Waals surface area (Å²) in [6, 6.07) is 5.66. The van der Waals surface area contributed by atoms with E-state index in [1.54, 1.807) is 6.07 Å². The number of carbonyl (C=O) groups excluding carboxylic acids is 1. The average Bonchev–Trinajstić information content (AvgIpc) is 3.11. The maximum absolute atomic E-state index is 13.8. The number of hydrogen-bond donors (Lipinski definition) is 1. The second-order valence-electron chi connectivity index (χ2n) is 7.33. The van der Waals surface area contributed by atoms with Gasteiger partial charge in [0.2, 0.25) is 5.78 Å². The molecule has 0 aliphatic rings. The summed E-state index contributed by atoms with van der Waals surface area (Å²) in [5.74, 6) is -1.40. The van der Waals surface area contributed by atoms with Crippen molar-refractivity contribution in [3.05, 3.63) is 65.8 Å². The maximum atomic E-state index is 13.8. The number of ether oxygens (including phenoxy) is 1. The minimum Gasteiger partial charge on any atom is -0.480 e. The van der Waals surface area contributed by atoms with E-state index in [1.807, 2.05) is 20.8 Å². The van der Waals surface area contributed by atoms with Crippen LogP contribution in [0.25, 0.3) is 11.0 Å². The van der Waals surface area contributed by atoms with Gasteiger partial charge in [-0.2, -0.15) is 0 Å². The number of fused-ring (bicyclic) bond motifs is 1. The van der Waals surface area contributed by atoms with Crippen LogP contribution in [0.4, 0.5) is 5.69 Å². The molecule has 0 fully saturated rings. The molecular weight excluding hydrogens is 550 g/mol. The van der Waals surface area contributed by atoms with Gasteiger partial charge in [0.1, 0.15) is 17.1 Å². The van der Waals surface area contributed by atoms with Gasteiger partial charge in [0.25, 0.3) is 5.69 Å². The van der Waals surface area contributed by atoms with E-state index in [0.717, 1.165) is 5.56 Å².